The number of aromatic nitrogens is 4. The number of anilines is 1. The fourth-order valence-electron chi connectivity index (χ4n) is 2.51. The number of carbonyl (C=O) groups excluding carboxylic acids is 1. The molecule has 2 aromatic rings. The van der Waals surface area contributed by atoms with Crippen LogP contribution >= 0.6 is 0 Å². The highest BCUT2D eigenvalue weighted by Gasteiger charge is 2.18. The molecule has 2 aromatic heterocycles. The Morgan fingerprint density at radius 3 is 2.64 bits per heavy atom. The highest BCUT2D eigenvalue weighted by Crippen LogP contribution is 2.20. The van der Waals surface area contributed by atoms with Crippen molar-refractivity contribution in [1.82, 2.24) is 19.7 Å². The number of nitrogens with one attached hydrogen (secondary N) is 2. The third-order valence-corrected chi connectivity index (χ3v) is 3.57. The highest BCUT2D eigenvalue weighted by molar-refractivity contribution is 6.03. The van der Waals surface area contributed by atoms with Crippen molar-refractivity contribution in [3.63, 3.8) is 0 Å². The first-order valence-electron chi connectivity index (χ1n) is 7.84. The molecule has 25 heavy (non-hydrogen) atoms. The zero-order valence-electron chi connectivity index (χ0n) is 14.6. The molecule has 0 saturated carbocycles. The van der Waals surface area contributed by atoms with Crippen LogP contribution in [0.4, 0.5) is 5.69 Å². The van der Waals surface area contributed by atoms with Gasteiger partial charge < -0.3 is 15.4 Å². The van der Waals surface area contributed by atoms with E-state index in [0.717, 1.165) is 0 Å². The van der Waals surface area contributed by atoms with Gasteiger partial charge in [-0.3, -0.25) is 14.3 Å². The minimum Gasteiger partial charge on any atom is -0.480 e. The first kappa shape index (κ1) is 18.4. The standard InChI is InChI=1S/C16H21N5O4/c1-8(2)5-11-6-12(18-16(25)17-11)15(24)19-14-9(3)20-21(10(14)4)7-13(22)23/h6,8H,5,7H2,1-4H3,(H,19,24)(H,22,23)(H,17,18,25). The SMILES string of the molecule is Cc1nn(CC(=O)O)c(C)c1NC(=O)c1cc(CC(C)C)[nH]c(=O)n1. The summed E-state index contributed by atoms with van der Waals surface area (Å²) < 4.78 is 1.29. The second-order valence-electron chi connectivity index (χ2n) is 6.25. The molecule has 0 atom stereocenters. The predicted molar refractivity (Wildman–Crippen MR) is 90.7 cm³/mol. The fourth-order valence-corrected chi connectivity index (χ4v) is 2.51. The van der Waals surface area contributed by atoms with Gasteiger partial charge in [-0.25, -0.2) is 4.79 Å². The van der Waals surface area contributed by atoms with E-state index in [1.165, 1.54) is 4.68 Å². The number of carboxylic acids is 1. The van der Waals surface area contributed by atoms with Gasteiger partial charge in [-0.2, -0.15) is 10.1 Å². The zero-order valence-corrected chi connectivity index (χ0v) is 14.6. The molecule has 0 aliphatic rings. The number of carboxylic acid groups (broad SMARTS) is 1. The Morgan fingerprint density at radius 1 is 1.36 bits per heavy atom. The van der Waals surface area contributed by atoms with E-state index in [1.807, 2.05) is 13.8 Å². The molecular formula is C16H21N5O4. The number of carbonyl (C=O) groups is 2. The van der Waals surface area contributed by atoms with Crippen LogP contribution in [-0.4, -0.2) is 36.7 Å². The Bertz CT molecular complexity index is 866. The van der Waals surface area contributed by atoms with Gasteiger partial charge in [0, 0.05) is 5.69 Å². The van der Waals surface area contributed by atoms with Crippen molar-refractivity contribution >= 4 is 17.6 Å². The van der Waals surface area contributed by atoms with Crippen LogP contribution in [0.5, 0.6) is 0 Å². The van der Waals surface area contributed by atoms with Crippen LogP contribution in [0, 0.1) is 19.8 Å². The van der Waals surface area contributed by atoms with E-state index in [-0.39, 0.29) is 12.2 Å². The summed E-state index contributed by atoms with van der Waals surface area (Å²) in [6, 6.07) is 1.54. The van der Waals surface area contributed by atoms with Crippen molar-refractivity contribution in [2.75, 3.05) is 5.32 Å². The van der Waals surface area contributed by atoms with Crippen molar-refractivity contribution in [2.24, 2.45) is 5.92 Å². The fraction of sp³-hybridized carbons (Fsp3) is 0.438. The molecule has 0 aliphatic heterocycles. The van der Waals surface area contributed by atoms with Crippen LogP contribution < -0.4 is 11.0 Å². The molecule has 0 radical (unpaired) electrons. The molecule has 0 fully saturated rings. The third-order valence-electron chi connectivity index (χ3n) is 3.57. The molecule has 0 aliphatic carbocycles. The van der Waals surface area contributed by atoms with E-state index in [9.17, 15) is 14.4 Å². The van der Waals surface area contributed by atoms with E-state index in [1.54, 1.807) is 19.9 Å². The van der Waals surface area contributed by atoms with Crippen LogP contribution in [0.3, 0.4) is 0 Å². The molecule has 0 saturated heterocycles. The summed E-state index contributed by atoms with van der Waals surface area (Å²) in [5.41, 5.74) is 1.47. The Labute approximate surface area is 144 Å². The smallest absolute Gasteiger partial charge is 0.345 e. The van der Waals surface area contributed by atoms with E-state index in [2.05, 4.69) is 20.4 Å². The van der Waals surface area contributed by atoms with E-state index in [0.29, 0.717) is 35.1 Å². The lowest BCUT2D eigenvalue weighted by molar-refractivity contribution is -0.137. The van der Waals surface area contributed by atoms with Gasteiger partial charge in [0.15, 0.2) is 0 Å². The number of aliphatic carboxylic acids is 1. The lowest BCUT2D eigenvalue weighted by Gasteiger charge is -2.08. The Hall–Kier alpha value is -2.97. The summed E-state index contributed by atoms with van der Waals surface area (Å²) in [5, 5.41) is 15.7. The number of rotatable bonds is 6. The van der Waals surface area contributed by atoms with E-state index in [4.69, 9.17) is 5.11 Å². The van der Waals surface area contributed by atoms with Crippen molar-refractivity contribution < 1.29 is 14.7 Å². The molecule has 0 aromatic carbocycles. The van der Waals surface area contributed by atoms with Crippen LogP contribution in [-0.2, 0) is 17.8 Å². The van der Waals surface area contributed by atoms with Gasteiger partial charge in [-0.05, 0) is 32.3 Å². The molecular weight excluding hydrogens is 326 g/mol. The first-order chi connectivity index (χ1) is 11.7. The van der Waals surface area contributed by atoms with Crippen molar-refractivity contribution in [3.05, 3.63) is 39.3 Å². The highest BCUT2D eigenvalue weighted by atomic mass is 16.4. The molecule has 3 N–H and O–H groups in total. The Balaban J connectivity index is 2.28. The normalized spacial score (nSPS) is 10.9. The number of aromatic amines is 1. The number of aryl methyl sites for hydroxylation is 1. The van der Waals surface area contributed by atoms with Gasteiger partial charge in [0.2, 0.25) is 0 Å². The molecule has 0 spiro atoms. The van der Waals surface area contributed by atoms with Crippen LogP contribution in [0.2, 0.25) is 0 Å². The summed E-state index contributed by atoms with van der Waals surface area (Å²) >= 11 is 0. The van der Waals surface area contributed by atoms with E-state index >= 15 is 0 Å². The monoisotopic (exact) mass is 347 g/mol. The van der Waals surface area contributed by atoms with Gasteiger partial charge in [0.1, 0.15) is 12.2 Å². The molecule has 0 bridgehead atoms. The minimum absolute atomic E-state index is 0.00387. The van der Waals surface area contributed by atoms with E-state index < -0.39 is 17.6 Å². The summed E-state index contributed by atoms with van der Waals surface area (Å²) in [6.07, 6.45) is 0.618. The number of hydrogen-bond donors (Lipinski definition) is 3. The first-order valence-corrected chi connectivity index (χ1v) is 7.84. The topological polar surface area (TPSA) is 130 Å². The molecule has 1 amide bonds. The quantitative estimate of drug-likeness (QED) is 0.718. The maximum Gasteiger partial charge on any atom is 0.345 e. The van der Waals surface area contributed by atoms with Gasteiger partial charge >= 0.3 is 11.7 Å². The van der Waals surface area contributed by atoms with Gasteiger partial charge in [0.05, 0.1) is 17.1 Å². The second kappa shape index (κ2) is 7.29. The van der Waals surface area contributed by atoms with Crippen molar-refractivity contribution in [2.45, 2.75) is 40.7 Å². The molecule has 2 heterocycles. The van der Waals surface area contributed by atoms with Gasteiger partial charge in [-0.1, -0.05) is 13.8 Å². The average molecular weight is 347 g/mol. The van der Waals surface area contributed by atoms with Gasteiger partial charge in [0.25, 0.3) is 5.91 Å². The van der Waals surface area contributed by atoms with Crippen LogP contribution in [0.15, 0.2) is 10.9 Å². The number of hydrogen-bond acceptors (Lipinski definition) is 5. The van der Waals surface area contributed by atoms with Crippen LogP contribution in [0.25, 0.3) is 0 Å². The predicted octanol–water partition coefficient (Wildman–Crippen LogP) is 1.12. The minimum atomic E-state index is -1.03. The number of H-pyrrole nitrogens is 1. The summed E-state index contributed by atoms with van der Waals surface area (Å²) in [7, 11) is 0. The third kappa shape index (κ3) is 4.52. The maximum atomic E-state index is 12.5. The Kier molecular flexibility index (Phi) is 5.35. The van der Waals surface area contributed by atoms with Crippen molar-refractivity contribution in [3.8, 4) is 0 Å². The second-order valence-corrected chi connectivity index (χ2v) is 6.25. The summed E-state index contributed by atoms with van der Waals surface area (Å²) in [4.78, 5) is 41.3. The lowest BCUT2D eigenvalue weighted by Crippen LogP contribution is -2.23. The zero-order chi connectivity index (χ0) is 18.7. The number of nitrogens with zero attached hydrogens (tertiary/aromatic N) is 3. The Morgan fingerprint density at radius 2 is 2.04 bits per heavy atom. The van der Waals surface area contributed by atoms with Crippen molar-refractivity contribution in [1.29, 1.82) is 0 Å². The molecule has 9 nitrogen and oxygen atoms in total. The molecule has 134 valence electrons. The molecule has 9 heteroatoms. The largest absolute Gasteiger partial charge is 0.480 e. The molecule has 2 rings (SSSR count). The lowest BCUT2D eigenvalue weighted by atomic mass is 10.1. The molecule has 0 unspecified atom stereocenters. The summed E-state index contributed by atoms with van der Waals surface area (Å²) in [5.74, 6) is -1.26. The average Bonchev–Trinajstić information content (AvgIpc) is 2.72. The van der Waals surface area contributed by atoms with Gasteiger partial charge in [-0.15, -0.1) is 0 Å². The maximum absolute atomic E-state index is 12.5. The van der Waals surface area contributed by atoms with Crippen LogP contribution in [0.1, 0.15) is 41.4 Å². The number of amides is 1. The summed E-state index contributed by atoms with van der Waals surface area (Å²) in [6.45, 7) is 7.03.